The zero-order valence-corrected chi connectivity index (χ0v) is 20.7. The van der Waals surface area contributed by atoms with E-state index < -0.39 is 26.4 Å². The van der Waals surface area contributed by atoms with Crippen LogP contribution in [0.1, 0.15) is 58.1 Å². The van der Waals surface area contributed by atoms with E-state index in [4.69, 9.17) is 15.2 Å². The highest BCUT2D eigenvalue weighted by molar-refractivity contribution is 7.91. The summed E-state index contributed by atoms with van der Waals surface area (Å²) in [7, 11) is -3.83. The van der Waals surface area contributed by atoms with Crippen LogP contribution in [0.25, 0.3) is 0 Å². The Balaban J connectivity index is 1.74. The molecule has 3 rings (SSSR count). The van der Waals surface area contributed by atoms with Gasteiger partial charge in [-0.1, -0.05) is 37.3 Å². The van der Waals surface area contributed by atoms with E-state index in [0.717, 1.165) is 5.56 Å². The van der Waals surface area contributed by atoms with Crippen molar-refractivity contribution in [1.82, 2.24) is 0 Å². The van der Waals surface area contributed by atoms with Crippen molar-refractivity contribution >= 4 is 15.9 Å². The minimum Gasteiger partial charge on any atom is -0.492 e. The second kappa shape index (κ2) is 9.43. The van der Waals surface area contributed by atoms with Crippen molar-refractivity contribution in [3.63, 3.8) is 0 Å². The Bertz CT molecular complexity index is 1110. The lowest BCUT2D eigenvalue weighted by atomic mass is 9.95. The highest BCUT2D eigenvalue weighted by Crippen LogP contribution is 2.34. The SMILES string of the molecule is C[C@H](CC1=NS(=O)(=O)[C@H](Cc2ccc(OCC(C)(C)N)cc2)C(C)(C)O1)c1ccccc1F. The third-order valence-corrected chi connectivity index (χ3v) is 7.53. The molecule has 2 N–H and O–H groups in total. The maximum absolute atomic E-state index is 14.1. The smallest absolute Gasteiger partial charge is 0.263 e. The van der Waals surface area contributed by atoms with E-state index in [1.165, 1.54) is 6.07 Å². The molecule has 2 atom stereocenters. The van der Waals surface area contributed by atoms with Crippen molar-refractivity contribution in [3.8, 4) is 5.75 Å². The summed E-state index contributed by atoms with van der Waals surface area (Å²) < 4.78 is 56.0. The standard InChI is InChI=1S/C25H33FN2O4S/c1-17(20-8-6-7-9-21(20)26)14-23-28-33(29,30)22(25(4,5)32-23)15-18-10-12-19(13-11-18)31-16-24(2,3)27/h6-13,17,22H,14-16,27H2,1-5H3/t17-,22-/m1/s1. The topological polar surface area (TPSA) is 91.0 Å². The van der Waals surface area contributed by atoms with Gasteiger partial charge in [-0.05, 0) is 69.4 Å². The molecule has 0 spiro atoms. The summed E-state index contributed by atoms with van der Waals surface area (Å²) in [6.07, 6.45) is 0.442. The first-order valence-electron chi connectivity index (χ1n) is 11.0. The van der Waals surface area contributed by atoms with E-state index in [0.29, 0.717) is 17.9 Å². The first-order chi connectivity index (χ1) is 15.3. The van der Waals surface area contributed by atoms with E-state index in [2.05, 4.69) is 4.40 Å². The maximum Gasteiger partial charge on any atom is 0.263 e. The Morgan fingerprint density at radius 2 is 1.82 bits per heavy atom. The van der Waals surface area contributed by atoms with Crippen LogP contribution in [0, 0.1) is 5.82 Å². The highest BCUT2D eigenvalue weighted by atomic mass is 32.2. The number of benzene rings is 2. The van der Waals surface area contributed by atoms with Crippen molar-refractivity contribution in [2.24, 2.45) is 10.1 Å². The number of nitrogens with zero attached hydrogens (tertiary/aromatic N) is 1. The normalized spacial score (nSPS) is 20.5. The fourth-order valence-corrected chi connectivity index (χ4v) is 5.53. The van der Waals surface area contributed by atoms with Gasteiger partial charge in [0.05, 0.1) is 0 Å². The van der Waals surface area contributed by atoms with Gasteiger partial charge in [0.15, 0.2) is 0 Å². The average Bonchev–Trinajstić information content (AvgIpc) is 2.69. The molecule has 33 heavy (non-hydrogen) atoms. The summed E-state index contributed by atoms with van der Waals surface area (Å²) in [5, 5.41) is -0.854. The van der Waals surface area contributed by atoms with Gasteiger partial charge in [0.2, 0.25) is 5.90 Å². The molecule has 0 bridgehead atoms. The summed E-state index contributed by atoms with van der Waals surface area (Å²) in [5.41, 5.74) is 5.83. The maximum atomic E-state index is 14.1. The lowest BCUT2D eigenvalue weighted by molar-refractivity contribution is 0.0803. The van der Waals surface area contributed by atoms with E-state index >= 15 is 0 Å². The Morgan fingerprint density at radius 1 is 1.18 bits per heavy atom. The minimum absolute atomic E-state index is 0.111. The molecule has 2 aromatic rings. The zero-order chi connectivity index (χ0) is 24.4. The van der Waals surface area contributed by atoms with Crippen molar-refractivity contribution in [2.75, 3.05) is 6.61 Å². The molecule has 1 aliphatic rings. The predicted octanol–water partition coefficient (Wildman–Crippen LogP) is 4.58. The molecule has 0 fully saturated rings. The van der Waals surface area contributed by atoms with Crippen molar-refractivity contribution in [1.29, 1.82) is 0 Å². The first kappa shape index (κ1) is 25.2. The predicted molar refractivity (Wildman–Crippen MR) is 129 cm³/mol. The van der Waals surface area contributed by atoms with Crippen LogP contribution in [-0.2, 0) is 21.2 Å². The Hall–Kier alpha value is -2.45. The van der Waals surface area contributed by atoms with Crippen LogP contribution in [-0.4, -0.2) is 37.3 Å². The molecule has 0 aromatic heterocycles. The van der Waals surface area contributed by atoms with E-state index in [9.17, 15) is 12.8 Å². The van der Waals surface area contributed by atoms with Gasteiger partial charge >= 0.3 is 0 Å². The molecule has 2 aromatic carbocycles. The van der Waals surface area contributed by atoms with Gasteiger partial charge in [-0.15, -0.1) is 4.40 Å². The largest absolute Gasteiger partial charge is 0.492 e. The number of sulfonamides is 1. The van der Waals surface area contributed by atoms with Gasteiger partial charge in [0.1, 0.15) is 29.0 Å². The van der Waals surface area contributed by atoms with Gasteiger partial charge in [-0.25, -0.2) is 12.8 Å². The Kier molecular flexibility index (Phi) is 7.19. The fourth-order valence-electron chi connectivity index (χ4n) is 3.83. The zero-order valence-electron chi connectivity index (χ0n) is 19.8. The van der Waals surface area contributed by atoms with Crippen LogP contribution in [0.15, 0.2) is 52.9 Å². The number of hydrogen-bond acceptors (Lipinski definition) is 5. The Morgan fingerprint density at radius 3 is 2.39 bits per heavy atom. The molecule has 180 valence electrons. The van der Waals surface area contributed by atoms with Crippen LogP contribution in [0.3, 0.4) is 0 Å². The van der Waals surface area contributed by atoms with Crippen LogP contribution in [0.2, 0.25) is 0 Å². The average molecular weight is 477 g/mol. The minimum atomic E-state index is -3.83. The number of rotatable bonds is 8. The van der Waals surface area contributed by atoms with Crippen LogP contribution in [0.4, 0.5) is 4.39 Å². The molecule has 0 saturated heterocycles. The van der Waals surface area contributed by atoms with Crippen molar-refractivity contribution in [2.45, 2.75) is 69.8 Å². The van der Waals surface area contributed by atoms with E-state index in [1.54, 1.807) is 44.2 Å². The number of halogens is 1. The third kappa shape index (κ3) is 6.54. The molecule has 8 heteroatoms. The van der Waals surface area contributed by atoms with Gasteiger partial charge in [0, 0.05) is 12.0 Å². The second-order valence-corrected chi connectivity index (χ2v) is 11.7. The quantitative estimate of drug-likeness (QED) is 0.602. The number of nitrogens with two attached hydrogens (primary N) is 1. The van der Waals surface area contributed by atoms with Gasteiger partial charge < -0.3 is 15.2 Å². The van der Waals surface area contributed by atoms with Crippen LogP contribution < -0.4 is 10.5 Å². The number of ether oxygens (including phenoxy) is 2. The van der Waals surface area contributed by atoms with Gasteiger partial charge in [-0.3, -0.25) is 0 Å². The van der Waals surface area contributed by atoms with Crippen LogP contribution >= 0.6 is 0 Å². The summed E-state index contributed by atoms with van der Waals surface area (Å²) in [5.74, 6) is 0.171. The summed E-state index contributed by atoms with van der Waals surface area (Å²) in [6.45, 7) is 9.45. The van der Waals surface area contributed by atoms with Gasteiger partial charge in [-0.2, -0.15) is 0 Å². The van der Waals surface area contributed by atoms with Crippen molar-refractivity contribution < 1.29 is 22.3 Å². The molecule has 1 aliphatic heterocycles. The first-order valence-corrected chi connectivity index (χ1v) is 12.5. The molecule has 1 heterocycles. The Labute approximate surface area is 196 Å². The third-order valence-electron chi connectivity index (χ3n) is 5.62. The van der Waals surface area contributed by atoms with Gasteiger partial charge in [0.25, 0.3) is 10.0 Å². The summed E-state index contributed by atoms with van der Waals surface area (Å²) in [6, 6.07) is 13.7. The molecular formula is C25H33FN2O4S. The summed E-state index contributed by atoms with van der Waals surface area (Å²) in [4.78, 5) is 0. The molecule has 0 saturated carbocycles. The lowest BCUT2D eigenvalue weighted by Gasteiger charge is -2.37. The summed E-state index contributed by atoms with van der Waals surface area (Å²) >= 11 is 0. The molecule has 0 amide bonds. The molecule has 6 nitrogen and oxygen atoms in total. The monoisotopic (exact) mass is 476 g/mol. The molecule has 0 aliphatic carbocycles. The molecule has 0 unspecified atom stereocenters. The molecular weight excluding hydrogens is 443 g/mol. The number of hydrogen-bond donors (Lipinski definition) is 1. The lowest BCUT2D eigenvalue weighted by Crippen LogP contribution is -2.50. The highest BCUT2D eigenvalue weighted by Gasteiger charge is 2.46. The van der Waals surface area contributed by atoms with E-state index in [1.807, 2.05) is 32.9 Å². The molecule has 0 radical (unpaired) electrons. The van der Waals surface area contributed by atoms with E-state index in [-0.39, 0.29) is 30.5 Å². The van der Waals surface area contributed by atoms with Crippen molar-refractivity contribution in [3.05, 3.63) is 65.5 Å². The van der Waals surface area contributed by atoms with Crippen LogP contribution in [0.5, 0.6) is 5.75 Å². The fraction of sp³-hybridized carbons (Fsp3) is 0.480. The second-order valence-electron chi connectivity index (χ2n) is 9.95.